The van der Waals surface area contributed by atoms with E-state index in [-0.39, 0.29) is 17.8 Å². The number of fused-ring (bicyclic) bond motifs is 1. The smallest absolute Gasteiger partial charge is 0.332 e. The number of rotatable bonds is 23. The Balaban J connectivity index is 1.32. The van der Waals surface area contributed by atoms with Gasteiger partial charge in [-0.1, -0.05) is 106 Å². The molecule has 9 heteroatoms. The van der Waals surface area contributed by atoms with Crippen molar-refractivity contribution < 1.29 is 9.84 Å². The van der Waals surface area contributed by atoms with Gasteiger partial charge in [0.25, 0.3) is 5.56 Å². The molecular weight excluding hydrogens is 560 g/mol. The number of epoxide rings is 1. The molecular formula is C30H51BrN4O4. The Labute approximate surface area is 242 Å². The highest BCUT2D eigenvalue weighted by molar-refractivity contribution is 9.09. The molecule has 2 aromatic heterocycles. The minimum atomic E-state index is -0.519. The number of imidazole rings is 1. The van der Waals surface area contributed by atoms with Crippen LogP contribution in [0.4, 0.5) is 0 Å². The highest BCUT2D eigenvalue weighted by atomic mass is 79.9. The average molecular weight is 612 g/mol. The molecule has 0 amide bonds. The Kier molecular flexibility index (Phi) is 14.9. The van der Waals surface area contributed by atoms with E-state index in [4.69, 9.17) is 4.74 Å². The van der Waals surface area contributed by atoms with Crippen molar-refractivity contribution in [1.29, 1.82) is 0 Å². The first kappa shape index (κ1) is 32.1. The zero-order valence-electron chi connectivity index (χ0n) is 24.1. The van der Waals surface area contributed by atoms with Crippen LogP contribution in [-0.2, 0) is 24.4 Å². The van der Waals surface area contributed by atoms with Gasteiger partial charge in [0.05, 0.1) is 25.1 Å². The van der Waals surface area contributed by atoms with Crippen molar-refractivity contribution in [2.45, 2.75) is 148 Å². The van der Waals surface area contributed by atoms with E-state index >= 15 is 0 Å². The first-order valence-corrected chi connectivity index (χ1v) is 16.7. The van der Waals surface area contributed by atoms with Gasteiger partial charge in [-0.05, 0) is 25.7 Å². The Morgan fingerprint density at radius 3 is 2.00 bits per heavy atom. The molecule has 222 valence electrons. The van der Waals surface area contributed by atoms with Crippen LogP contribution in [0.25, 0.3) is 11.2 Å². The lowest BCUT2D eigenvalue weighted by Gasteiger charge is -2.13. The Morgan fingerprint density at radius 2 is 1.46 bits per heavy atom. The van der Waals surface area contributed by atoms with E-state index in [1.165, 1.54) is 88.0 Å². The number of hydrogen-bond donors (Lipinski definition) is 1. The van der Waals surface area contributed by atoms with Gasteiger partial charge in [-0.15, -0.1) is 0 Å². The average Bonchev–Trinajstić information content (AvgIpc) is 3.67. The summed E-state index contributed by atoms with van der Waals surface area (Å²) < 4.78 is 10.0. The topological polar surface area (TPSA) is 94.6 Å². The number of nitrogens with zero attached hydrogens (tertiary/aromatic N) is 4. The minimum absolute atomic E-state index is 0.215. The molecule has 0 spiro atoms. The Hall–Kier alpha value is -1.45. The summed E-state index contributed by atoms with van der Waals surface area (Å²) in [6.45, 7) is 4.28. The second-order valence-corrected chi connectivity index (χ2v) is 12.0. The third kappa shape index (κ3) is 10.8. The molecule has 39 heavy (non-hydrogen) atoms. The summed E-state index contributed by atoms with van der Waals surface area (Å²) in [5, 5.41) is 10.6. The molecule has 2 atom stereocenters. The number of aliphatic hydroxyl groups excluding tert-OH is 1. The van der Waals surface area contributed by atoms with Gasteiger partial charge in [0.15, 0.2) is 11.2 Å². The largest absolute Gasteiger partial charge is 0.393 e. The summed E-state index contributed by atoms with van der Waals surface area (Å²) >= 11 is 3.41. The third-order valence-corrected chi connectivity index (χ3v) is 8.38. The molecule has 2 unspecified atom stereocenters. The maximum absolute atomic E-state index is 13.3. The Morgan fingerprint density at radius 1 is 0.897 bits per heavy atom. The highest BCUT2D eigenvalue weighted by Crippen LogP contribution is 2.19. The fourth-order valence-electron chi connectivity index (χ4n) is 5.38. The van der Waals surface area contributed by atoms with Gasteiger partial charge in [0.1, 0.15) is 0 Å². The second kappa shape index (κ2) is 18.1. The van der Waals surface area contributed by atoms with Gasteiger partial charge in [0, 0.05) is 25.0 Å². The van der Waals surface area contributed by atoms with Gasteiger partial charge < -0.3 is 14.4 Å². The summed E-state index contributed by atoms with van der Waals surface area (Å²) in [6, 6.07) is 0. The predicted octanol–water partition coefficient (Wildman–Crippen LogP) is 6.17. The van der Waals surface area contributed by atoms with Crippen molar-refractivity contribution in [3.8, 4) is 0 Å². The van der Waals surface area contributed by atoms with Gasteiger partial charge >= 0.3 is 5.69 Å². The van der Waals surface area contributed by atoms with E-state index in [1.807, 2.05) is 11.5 Å². The first-order valence-electron chi connectivity index (χ1n) is 15.6. The summed E-state index contributed by atoms with van der Waals surface area (Å²) in [6.07, 6.45) is 22.3. The number of ether oxygens (including phenoxy) is 1. The molecule has 1 aliphatic heterocycles. The monoisotopic (exact) mass is 610 g/mol. The first-order chi connectivity index (χ1) is 19.1. The maximum Gasteiger partial charge on any atom is 0.332 e. The number of unbranched alkanes of at least 4 members (excludes halogenated alkanes) is 13. The van der Waals surface area contributed by atoms with Crippen LogP contribution < -0.4 is 11.2 Å². The van der Waals surface area contributed by atoms with Crippen LogP contribution in [0.15, 0.2) is 15.9 Å². The van der Waals surface area contributed by atoms with Gasteiger partial charge in [-0.25, -0.2) is 9.78 Å². The molecule has 1 aliphatic rings. The summed E-state index contributed by atoms with van der Waals surface area (Å²) in [5.41, 5.74) is 0.302. The molecule has 0 radical (unpaired) electrons. The third-order valence-electron chi connectivity index (χ3n) is 8.03. The molecule has 1 saturated heterocycles. The maximum atomic E-state index is 13.3. The van der Waals surface area contributed by atoms with E-state index in [9.17, 15) is 14.7 Å². The summed E-state index contributed by atoms with van der Waals surface area (Å²) in [5.74, 6) is 0. The Bertz CT molecular complexity index is 1080. The second-order valence-electron chi connectivity index (χ2n) is 11.2. The zero-order chi connectivity index (χ0) is 27.9. The van der Waals surface area contributed by atoms with Crippen LogP contribution in [0.2, 0.25) is 0 Å². The summed E-state index contributed by atoms with van der Waals surface area (Å²) in [4.78, 5) is 30.7. The lowest BCUT2D eigenvalue weighted by Crippen LogP contribution is -2.41. The fourth-order valence-corrected chi connectivity index (χ4v) is 5.74. The van der Waals surface area contributed by atoms with Crippen LogP contribution in [0.1, 0.15) is 116 Å². The number of aromatic nitrogens is 4. The molecule has 0 aliphatic carbocycles. The molecule has 1 N–H and O–H groups in total. The number of halogens is 1. The van der Waals surface area contributed by atoms with E-state index in [0.29, 0.717) is 42.0 Å². The standard InChI is InChI=1S/C30H51BrN4O4/c1-2-25(36)18-21-35-29(37)27-28(34(22-19-31)30(35)38)32-24-33(27)20-16-14-12-10-8-6-4-3-5-7-9-11-13-15-17-26-23-39-26/h24-26,36H,2-23H2,1H3. The number of hydrogen-bond acceptors (Lipinski definition) is 5. The van der Waals surface area contributed by atoms with Crippen molar-refractivity contribution in [3.63, 3.8) is 0 Å². The quantitative estimate of drug-likeness (QED) is 0.0922. The van der Waals surface area contributed by atoms with Crippen molar-refractivity contribution in [2.24, 2.45) is 0 Å². The normalized spacial score (nSPS) is 15.8. The van der Waals surface area contributed by atoms with E-state index in [2.05, 4.69) is 20.9 Å². The van der Waals surface area contributed by atoms with Gasteiger partial charge in [0.2, 0.25) is 0 Å². The van der Waals surface area contributed by atoms with Crippen LogP contribution in [0.3, 0.4) is 0 Å². The van der Waals surface area contributed by atoms with E-state index in [1.54, 1.807) is 10.9 Å². The van der Waals surface area contributed by atoms with Crippen LogP contribution in [0, 0.1) is 0 Å². The highest BCUT2D eigenvalue weighted by Gasteiger charge is 2.21. The minimum Gasteiger partial charge on any atom is -0.393 e. The van der Waals surface area contributed by atoms with E-state index < -0.39 is 6.10 Å². The molecule has 1 fully saturated rings. The van der Waals surface area contributed by atoms with Crippen LogP contribution in [-0.4, -0.2) is 47.9 Å². The van der Waals surface area contributed by atoms with Crippen molar-refractivity contribution in [3.05, 3.63) is 27.2 Å². The van der Waals surface area contributed by atoms with Crippen LogP contribution >= 0.6 is 15.9 Å². The summed E-state index contributed by atoms with van der Waals surface area (Å²) in [7, 11) is 0. The number of alkyl halides is 1. The van der Waals surface area contributed by atoms with Gasteiger partial charge in [-0.2, -0.15) is 0 Å². The molecule has 2 aromatic rings. The lowest BCUT2D eigenvalue weighted by molar-refractivity contribution is 0.153. The fraction of sp³-hybridized carbons (Fsp3) is 0.833. The number of aryl methyl sites for hydroxylation is 2. The van der Waals surface area contributed by atoms with E-state index in [0.717, 1.165) is 26.0 Å². The predicted molar refractivity (Wildman–Crippen MR) is 162 cm³/mol. The molecule has 0 saturated carbocycles. The molecule has 0 aromatic carbocycles. The SMILES string of the molecule is CCC(O)CCn1c(=O)c2c(ncn2CCCCCCCCCCCCCCCCC2CO2)n(CCBr)c1=O. The molecule has 8 nitrogen and oxygen atoms in total. The molecule has 3 rings (SSSR count). The van der Waals surface area contributed by atoms with Crippen molar-refractivity contribution in [2.75, 3.05) is 11.9 Å². The van der Waals surface area contributed by atoms with Crippen molar-refractivity contribution in [1.82, 2.24) is 18.7 Å². The molecule has 3 heterocycles. The number of aliphatic hydroxyl groups is 1. The zero-order valence-corrected chi connectivity index (χ0v) is 25.7. The molecule has 0 bridgehead atoms. The van der Waals surface area contributed by atoms with Crippen molar-refractivity contribution >= 4 is 27.1 Å². The van der Waals surface area contributed by atoms with Crippen LogP contribution in [0.5, 0.6) is 0 Å². The lowest BCUT2D eigenvalue weighted by atomic mass is 10.0. The van der Waals surface area contributed by atoms with Gasteiger partial charge in [-0.3, -0.25) is 13.9 Å².